The van der Waals surface area contributed by atoms with Gasteiger partial charge in [-0.25, -0.2) is 0 Å². The van der Waals surface area contributed by atoms with Gasteiger partial charge < -0.3 is 5.73 Å². The summed E-state index contributed by atoms with van der Waals surface area (Å²) >= 11 is 2.03. The summed E-state index contributed by atoms with van der Waals surface area (Å²) in [5.41, 5.74) is 7.61. The molecule has 116 valence electrons. The first-order valence-electron chi connectivity index (χ1n) is 8.49. The van der Waals surface area contributed by atoms with Crippen molar-refractivity contribution >= 4 is 11.8 Å². The Kier molecular flexibility index (Phi) is 5.25. The number of fused-ring (bicyclic) bond motifs is 1. The molecule has 3 atom stereocenters. The van der Waals surface area contributed by atoms with Crippen LogP contribution < -0.4 is 5.73 Å². The number of rotatable bonds is 5. The summed E-state index contributed by atoms with van der Waals surface area (Å²) in [4.78, 5) is 4.22. The number of hydrogen-bond acceptors (Lipinski definition) is 3. The number of thioether (sulfide) groups is 1. The van der Waals surface area contributed by atoms with Gasteiger partial charge in [-0.2, -0.15) is 0 Å². The predicted octanol–water partition coefficient (Wildman–Crippen LogP) is 3.72. The molecule has 1 aliphatic carbocycles. The number of benzene rings is 1. The van der Waals surface area contributed by atoms with Crippen molar-refractivity contribution in [3.63, 3.8) is 0 Å². The smallest absolute Gasteiger partial charge is 0.0136 e. The number of nitrogens with two attached hydrogens (primary N) is 1. The van der Waals surface area contributed by atoms with Gasteiger partial charge in [0, 0.05) is 29.2 Å². The van der Waals surface area contributed by atoms with E-state index in [0.717, 1.165) is 13.1 Å². The summed E-state index contributed by atoms with van der Waals surface area (Å²) in [5.74, 6) is 2.66. The Morgan fingerprint density at radius 3 is 2.86 bits per heavy atom. The van der Waals surface area contributed by atoms with E-state index < -0.39 is 0 Å². The molecular weight excluding hydrogens is 276 g/mol. The van der Waals surface area contributed by atoms with E-state index in [2.05, 4.69) is 36.1 Å². The van der Waals surface area contributed by atoms with Crippen molar-refractivity contribution in [2.24, 2.45) is 11.7 Å². The lowest BCUT2D eigenvalue weighted by Crippen LogP contribution is -2.46. The van der Waals surface area contributed by atoms with Crippen LogP contribution in [0.4, 0.5) is 0 Å². The molecule has 0 saturated heterocycles. The van der Waals surface area contributed by atoms with E-state index in [-0.39, 0.29) is 0 Å². The fourth-order valence-corrected chi connectivity index (χ4v) is 5.35. The molecule has 2 N–H and O–H groups in total. The van der Waals surface area contributed by atoms with Crippen LogP contribution in [0.5, 0.6) is 0 Å². The van der Waals surface area contributed by atoms with Crippen LogP contribution in [0.3, 0.4) is 0 Å². The van der Waals surface area contributed by atoms with Crippen LogP contribution in [0.2, 0.25) is 0 Å². The molecule has 0 radical (unpaired) electrons. The van der Waals surface area contributed by atoms with Crippen molar-refractivity contribution in [2.45, 2.75) is 49.5 Å². The highest BCUT2D eigenvalue weighted by Gasteiger charge is 2.32. The molecule has 3 heteroatoms. The van der Waals surface area contributed by atoms with Gasteiger partial charge in [-0.3, -0.25) is 4.90 Å². The maximum Gasteiger partial charge on any atom is 0.0136 e. The van der Waals surface area contributed by atoms with E-state index in [1.807, 2.05) is 11.8 Å². The zero-order valence-corrected chi connectivity index (χ0v) is 13.9. The van der Waals surface area contributed by atoms with Crippen LogP contribution >= 0.6 is 11.8 Å². The lowest BCUT2D eigenvalue weighted by molar-refractivity contribution is 0.108. The quantitative estimate of drug-likeness (QED) is 0.899. The topological polar surface area (TPSA) is 29.3 Å². The monoisotopic (exact) mass is 304 g/mol. The third kappa shape index (κ3) is 3.30. The Balaban J connectivity index is 1.70. The van der Waals surface area contributed by atoms with E-state index in [1.54, 1.807) is 5.56 Å². The van der Waals surface area contributed by atoms with Gasteiger partial charge in [0.1, 0.15) is 0 Å². The maximum absolute atomic E-state index is 6.04. The number of nitrogens with zero attached hydrogens (tertiary/aromatic N) is 1. The SMILES string of the molecule is CCN(CC1CSc2ccccc21)C1CCCCC1CN. The molecule has 1 heterocycles. The van der Waals surface area contributed by atoms with Crippen molar-refractivity contribution in [3.05, 3.63) is 29.8 Å². The van der Waals surface area contributed by atoms with E-state index in [1.165, 1.54) is 42.9 Å². The van der Waals surface area contributed by atoms with Gasteiger partial charge >= 0.3 is 0 Å². The first-order chi connectivity index (χ1) is 10.3. The minimum atomic E-state index is 0.700. The minimum Gasteiger partial charge on any atom is -0.330 e. The van der Waals surface area contributed by atoms with Crippen LogP contribution in [0.15, 0.2) is 29.2 Å². The van der Waals surface area contributed by atoms with E-state index in [4.69, 9.17) is 5.73 Å². The summed E-state index contributed by atoms with van der Waals surface area (Å²) in [6, 6.07) is 9.68. The first kappa shape index (κ1) is 15.4. The van der Waals surface area contributed by atoms with E-state index in [9.17, 15) is 0 Å². The highest BCUT2D eigenvalue weighted by atomic mass is 32.2. The zero-order chi connectivity index (χ0) is 14.7. The summed E-state index contributed by atoms with van der Waals surface area (Å²) in [6.45, 7) is 5.54. The minimum absolute atomic E-state index is 0.700. The van der Waals surface area contributed by atoms with Crippen LogP contribution in [0.1, 0.15) is 44.1 Å². The highest BCUT2D eigenvalue weighted by molar-refractivity contribution is 7.99. The third-order valence-corrected chi connectivity index (χ3v) is 6.55. The first-order valence-corrected chi connectivity index (χ1v) is 9.48. The van der Waals surface area contributed by atoms with Crippen molar-refractivity contribution in [3.8, 4) is 0 Å². The van der Waals surface area contributed by atoms with Crippen molar-refractivity contribution in [1.82, 2.24) is 4.90 Å². The molecule has 1 saturated carbocycles. The molecule has 1 aromatic carbocycles. The molecule has 1 aromatic rings. The molecule has 0 amide bonds. The van der Waals surface area contributed by atoms with Crippen LogP contribution in [0.25, 0.3) is 0 Å². The molecule has 0 bridgehead atoms. The molecule has 3 rings (SSSR count). The average Bonchev–Trinajstić information content (AvgIpc) is 2.95. The molecule has 2 nitrogen and oxygen atoms in total. The Labute approximate surface area is 133 Å². The summed E-state index contributed by atoms with van der Waals surface area (Å²) < 4.78 is 0. The van der Waals surface area contributed by atoms with Crippen molar-refractivity contribution in [2.75, 3.05) is 25.4 Å². The fourth-order valence-electron chi connectivity index (χ4n) is 4.11. The molecule has 0 spiro atoms. The van der Waals surface area contributed by atoms with Crippen LogP contribution in [-0.2, 0) is 0 Å². The van der Waals surface area contributed by atoms with Gasteiger partial charge in [0.05, 0.1) is 0 Å². The lowest BCUT2D eigenvalue weighted by atomic mass is 9.83. The second-order valence-corrected chi connectivity index (χ2v) is 7.54. The zero-order valence-electron chi connectivity index (χ0n) is 13.1. The molecule has 21 heavy (non-hydrogen) atoms. The molecular formula is C18H28N2S. The van der Waals surface area contributed by atoms with Gasteiger partial charge in [0.2, 0.25) is 0 Å². The molecule has 2 aliphatic rings. The summed E-state index contributed by atoms with van der Waals surface area (Å²) in [7, 11) is 0. The fraction of sp³-hybridized carbons (Fsp3) is 0.667. The van der Waals surface area contributed by atoms with Gasteiger partial charge in [-0.05, 0) is 43.5 Å². The van der Waals surface area contributed by atoms with E-state index >= 15 is 0 Å². The second kappa shape index (κ2) is 7.17. The summed E-state index contributed by atoms with van der Waals surface area (Å²) in [5, 5.41) is 0. The van der Waals surface area contributed by atoms with Crippen molar-refractivity contribution < 1.29 is 0 Å². The Morgan fingerprint density at radius 1 is 1.24 bits per heavy atom. The van der Waals surface area contributed by atoms with Crippen LogP contribution in [0, 0.1) is 5.92 Å². The van der Waals surface area contributed by atoms with Gasteiger partial charge in [0.25, 0.3) is 0 Å². The largest absolute Gasteiger partial charge is 0.330 e. The Bertz CT molecular complexity index is 462. The molecule has 3 unspecified atom stereocenters. The average molecular weight is 305 g/mol. The maximum atomic E-state index is 6.04. The molecule has 0 aromatic heterocycles. The molecule has 1 fully saturated rings. The normalized spacial score (nSPS) is 28.8. The second-order valence-electron chi connectivity index (χ2n) is 6.48. The lowest BCUT2D eigenvalue weighted by Gasteiger charge is -2.40. The third-order valence-electron chi connectivity index (χ3n) is 5.30. The Hall–Kier alpha value is -0.510. The number of likely N-dealkylation sites (N-methyl/N-ethyl adjacent to an activating group) is 1. The summed E-state index contributed by atoms with van der Waals surface area (Å²) in [6.07, 6.45) is 5.43. The Morgan fingerprint density at radius 2 is 2.05 bits per heavy atom. The van der Waals surface area contributed by atoms with Gasteiger partial charge in [-0.1, -0.05) is 38.0 Å². The predicted molar refractivity (Wildman–Crippen MR) is 92.0 cm³/mol. The van der Waals surface area contributed by atoms with Crippen LogP contribution in [-0.4, -0.2) is 36.3 Å². The van der Waals surface area contributed by atoms with E-state index in [0.29, 0.717) is 17.9 Å². The van der Waals surface area contributed by atoms with Crippen molar-refractivity contribution in [1.29, 1.82) is 0 Å². The van der Waals surface area contributed by atoms with Gasteiger partial charge in [-0.15, -0.1) is 11.8 Å². The standard InChI is InChI=1S/C18H28N2S/c1-2-20(17-9-5-3-7-14(17)11-19)12-15-13-21-18-10-6-4-8-16(15)18/h4,6,8,10,14-15,17H,2-3,5,7,9,11-13,19H2,1H3. The number of hydrogen-bond donors (Lipinski definition) is 1. The van der Waals surface area contributed by atoms with Gasteiger partial charge in [0.15, 0.2) is 0 Å². The highest BCUT2D eigenvalue weighted by Crippen LogP contribution is 2.40. The molecule has 1 aliphatic heterocycles.